The molecule has 1 unspecified atom stereocenters. The van der Waals surface area contributed by atoms with Crippen LogP contribution in [0, 0.1) is 0 Å². The lowest BCUT2D eigenvalue weighted by Gasteiger charge is -2.30. The van der Waals surface area contributed by atoms with Crippen LogP contribution in [0.25, 0.3) is 0 Å². The molecule has 0 amide bonds. The smallest absolute Gasteiger partial charge is 0.281 e. The molecule has 17 heavy (non-hydrogen) atoms. The van der Waals surface area contributed by atoms with Crippen molar-refractivity contribution in [1.82, 2.24) is 13.9 Å². The molecule has 1 N–H and O–H groups in total. The summed E-state index contributed by atoms with van der Waals surface area (Å²) in [5.41, 5.74) is 0. The van der Waals surface area contributed by atoms with Gasteiger partial charge in [0.25, 0.3) is 10.2 Å². The SMILES string of the molecule is CCC(C)N(CC)S(=O)(=O)N(C)CCCNC. The molecule has 0 fully saturated rings. The summed E-state index contributed by atoms with van der Waals surface area (Å²) >= 11 is 0. The van der Waals surface area contributed by atoms with Crippen LogP contribution in [0.1, 0.15) is 33.6 Å². The zero-order valence-electron chi connectivity index (χ0n) is 11.7. The molecule has 0 rings (SSSR count). The predicted octanol–water partition coefficient (Wildman–Crippen LogP) is 0.893. The Labute approximate surface area is 106 Å². The maximum absolute atomic E-state index is 12.3. The first-order valence-corrected chi connectivity index (χ1v) is 7.69. The van der Waals surface area contributed by atoms with Crippen molar-refractivity contribution < 1.29 is 8.42 Å². The van der Waals surface area contributed by atoms with Crippen molar-refractivity contribution in [2.24, 2.45) is 0 Å². The van der Waals surface area contributed by atoms with E-state index in [9.17, 15) is 8.42 Å². The Morgan fingerprint density at radius 1 is 1.29 bits per heavy atom. The Morgan fingerprint density at radius 3 is 2.29 bits per heavy atom. The third-order valence-corrected chi connectivity index (χ3v) is 5.17. The van der Waals surface area contributed by atoms with Crippen molar-refractivity contribution in [3.63, 3.8) is 0 Å². The van der Waals surface area contributed by atoms with Crippen LogP contribution in [-0.2, 0) is 10.2 Å². The van der Waals surface area contributed by atoms with Crippen molar-refractivity contribution in [2.45, 2.75) is 39.7 Å². The van der Waals surface area contributed by atoms with Gasteiger partial charge in [-0.05, 0) is 33.4 Å². The van der Waals surface area contributed by atoms with E-state index in [0.717, 1.165) is 19.4 Å². The molecule has 5 nitrogen and oxygen atoms in total. The molecule has 1 atom stereocenters. The average Bonchev–Trinajstić information content (AvgIpc) is 2.29. The zero-order chi connectivity index (χ0) is 13.5. The van der Waals surface area contributed by atoms with Crippen molar-refractivity contribution in [2.75, 3.05) is 33.7 Å². The summed E-state index contributed by atoms with van der Waals surface area (Å²) in [5.74, 6) is 0. The van der Waals surface area contributed by atoms with Gasteiger partial charge in [0.2, 0.25) is 0 Å². The van der Waals surface area contributed by atoms with Gasteiger partial charge in [0.15, 0.2) is 0 Å². The topological polar surface area (TPSA) is 52.7 Å². The molecule has 6 heteroatoms. The van der Waals surface area contributed by atoms with Gasteiger partial charge < -0.3 is 5.32 Å². The van der Waals surface area contributed by atoms with Gasteiger partial charge in [-0.15, -0.1) is 0 Å². The summed E-state index contributed by atoms with van der Waals surface area (Å²) in [4.78, 5) is 0. The van der Waals surface area contributed by atoms with E-state index in [4.69, 9.17) is 0 Å². The molecule has 0 aliphatic rings. The second kappa shape index (κ2) is 8.02. The van der Waals surface area contributed by atoms with Gasteiger partial charge in [-0.2, -0.15) is 17.0 Å². The van der Waals surface area contributed by atoms with Gasteiger partial charge in [-0.25, -0.2) is 0 Å². The molecule has 0 heterocycles. The molecule has 0 spiro atoms. The van der Waals surface area contributed by atoms with Crippen LogP contribution in [0.2, 0.25) is 0 Å². The van der Waals surface area contributed by atoms with Crippen LogP contribution in [0.5, 0.6) is 0 Å². The first-order valence-electron chi connectivity index (χ1n) is 6.29. The van der Waals surface area contributed by atoms with E-state index in [2.05, 4.69) is 5.32 Å². The Morgan fingerprint density at radius 2 is 1.88 bits per heavy atom. The van der Waals surface area contributed by atoms with Gasteiger partial charge >= 0.3 is 0 Å². The number of hydrogen-bond acceptors (Lipinski definition) is 3. The van der Waals surface area contributed by atoms with E-state index >= 15 is 0 Å². The maximum atomic E-state index is 12.3. The highest BCUT2D eigenvalue weighted by molar-refractivity contribution is 7.86. The average molecular weight is 265 g/mol. The van der Waals surface area contributed by atoms with Crippen LogP contribution in [-0.4, -0.2) is 56.8 Å². The number of nitrogens with one attached hydrogen (secondary N) is 1. The molecule has 0 aromatic heterocycles. The summed E-state index contributed by atoms with van der Waals surface area (Å²) in [5, 5.41) is 3.02. The fourth-order valence-electron chi connectivity index (χ4n) is 1.68. The van der Waals surface area contributed by atoms with Crippen LogP contribution < -0.4 is 5.32 Å². The van der Waals surface area contributed by atoms with Crippen molar-refractivity contribution >= 4 is 10.2 Å². The number of nitrogens with zero attached hydrogens (tertiary/aromatic N) is 2. The fraction of sp³-hybridized carbons (Fsp3) is 1.00. The molecule has 104 valence electrons. The zero-order valence-corrected chi connectivity index (χ0v) is 12.5. The lowest BCUT2D eigenvalue weighted by atomic mass is 10.3. The van der Waals surface area contributed by atoms with Crippen LogP contribution in [0.3, 0.4) is 0 Å². The second-order valence-corrected chi connectivity index (χ2v) is 6.24. The molecule has 0 radical (unpaired) electrons. The molecule has 0 aromatic carbocycles. The molecule has 0 aromatic rings. The van der Waals surface area contributed by atoms with Gasteiger partial charge in [0.1, 0.15) is 0 Å². The Kier molecular flexibility index (Phi) is 7.94. The third-order valence-electron chi connectivity index (χ3n) is 2.98. The van der Waals surface area contributed by atoms with Crippen molar-refractivity contribution in [1.29, 1.82) is 0 Å². The molecule has 0 saturated heterocycles. The first kappa shape index (κ1) is 16.8. The highest BCUT2D eigenvalue weighted by atomic mass is 32.2. The van der Waals surface area contributed by atoms with Gasteiger partial charge in [-0.1, -0.05) is 13.8 Å². The minimum Gasteiger partial charge on any atom is -0.320 e. The van der Waals surface area contributed by atoms with E-state index in [1.807, 2.05) is 27.8 Å². The van der Waals surface area contributed by atoms with Crippen LogP contribution >= 0.6 is 0 Å². The van der Waals surface area contributed by atoms with E-state index < -0.39 is 10.2 Å². The summed E-state index contributed by atoms with van der Waals surface area (Å²) in [6.07, 6.45) is 1.65. The molecule has 0 bridgehead atoms. The van der Waals surface area contributed by atoms with E-state index in [-0.39, 0.29) is 6.04 Å². The van der Waals surface area contributed by atoms with Gasteiger partial charge in [0, 0.05) is 26.2 Å². The predicted molar refractivity (Wildman–Crippen MR) is 72.2 cm³/mol. The van der Waals surface area contributed by atoms with Gasteiger partial charge in [0.05, 0.1) is 0 Å². The summed E-state index contributed by atoms with van der Waals surface area (Å²) < 4.78 is 27.6. The monoisotopic (exact) mass is 265 g/mol. The normalized spacial score (nSPS) is 14.5. The van der Waals surface area contributed by atoms with E-state index in [0.29, 0.717) is 13.1 Å². The lowest BCUT2D eigenvalue weighted by molar-refractivity contribution is 0.308. The highest BCUT2D eigenvalue weighted by Crippen LogP contribution is 2.13. The van der Waals surface area contributed by atoms with E-state index in [1.165, 1.54) is 4.31 Å². The second-order valence-electron chi connectivity index (χ2n) is 4.25. The van der Waals surface area contributed by atoms with E-state index in [1.54, 1.807) is 11.4 Å². The Bertz CT molecular complexity index is 293. The number of rotatable bonds is 9. The quantitative estimate of drug-likeness (QED) is 0.630. The standard InChI is InChI=1S/C11H27N3O2S/c1-6-11(3)14(7-2)17(15,16)13(5)10-8-9-12-4/h11-12H,6-10H2,1-5H3. The summed E-state index contributed by atoms with van der Waals surface area (Å²) in [6, 6.07) is 0.0525. The highest BCUT2D eigenvalue weighted by Gasteiger charge is 2.28. The fourth-order valence-corrected chi connectivity index (χ4v) is 3.33. The summed E-state index contributed by atoms with van der Waals surface area (Å²) in [6.45, 7) is 7.73. The molecule has 0 saturated carbocycles. The van der Waals surface area contributed by atoms with Crippen LogP contribution in [0.4, 0.5) is 0 Å². The van der Waals surface area contributed by atoms with Crippen LogP contribution in [0.15, 0.2) is 0 Å². The maximum Gasteiger partial charge on any atom is 0.281 e. The van der Waals surface area contributed by atoms with Crippen molar-refractivity contribution in [3.8, 4) is 0 Å². The Balaban J connectivity index is 4.61. The minimum absolute atomic E-state index is 0.0525. The molecular formula is C11H27N3O2S. The lowest BCUT2D eigenvalue weighted by Crippen LogP contribution is -2.46. The van der Waals surface area contributed by atoms with Crippen molar-refractivity contribution in [3.05, 3.63) is 0 Å². The first-order chi connectivity index (χ1) is 7.91. The minimum atomic E-state index is -3.30. The Hall–Kier alpha value is -0.170. The number of hydrogen-bond donors (Lipinski definition) is 1. The molecular weight excluding hydrogens is 238 g/mol. The summed E-state index contributed by atoms with van der Waals surface area (Å²) in [7, 11) is 0.212. The van der Waals surface area contributed by atoms with Gasteiger partial charge in [-0.3, -0.25) is 0 Å². The largest absolute Gasteiger partial charge is 0.320 e. The third kappa shape index (κ3) is 4.91. The molecule has 0 aliphatic carbocycles. The molecule has 0 aliphatic heterocycles.